The monoisotopic (exact) mass is 474 g/mol. The van der Waals surface area contributed by atoms with Gasteiger partial charge in [0.15, 0.2) is 5.41 Å². The second-order valence-electron chi connectivity index (χ2n) is 7.50. The highest BCUT2D eigenvalue weighted by molar-refractivity contribution is 8.17. The third-order valence-electron chi connectivity index (χ3n) is 5.67. The van der Waals surface area contributed by atoms with E-state index in [0.29, 0.717) is 0 Å². The van der Waals surface area contributed by atoms with Crippen LogP contribution in [0.5, 0.6) is 0 Å². The van der Waals surface area contributed by atoms with Crippen LogP contribution in [0, 0.1) is 17.3 Å². The normalized spacial score (nSPS) is 19.4. The van der Waals surface area contributed by atoms with Crippen molar-refractivity contribution in [2.45, 2.75) is 27.2 Å². The summed E-state index contributed by atoms with van der Waals surface area (Å²) in [6.07, 6.45) is 0.126. The van der Waals surface area contributed by atoms with Crippen LogP contribution in [0.3, 0.4) is 0 Å². The summed E-state index contributed by atoms with van der Waals surface area (Å²) in [5, 5.41) is 0. The number of ether oxygens (including phenoxy) is 3. The number of carbonyl (C=O) groups is 3. The van der Waals surface area contributed by atoms with Crippen molar-refractivity contribution in [3.05, 3.63) is 60.7 Å². The first-order valence-electron chi connectivity index (χ1n) is 10.1. The van der Waals surface area contributed by atoms with Gasteiger partial charge in [-0.15, -0.1) is 23.5 Å². The van der Waals surface area contributed by atoms with Crippen molar-refractivity contribution in [3.63, 3.8) is 0 Å². The van der Waals surface area contributed by atoms with Gasteiger partial charge in [-0.1, -0.05) is 36.4 Å². The Bertz CT molecular complexity index is 877. The van der Waals surface area contributed by atoms with Crippen molar-refractivity contribution in [1.29, 1.82) is 0 Å². The van der Waals surface area contributed by atoms with E-state index in [4.69, 9.17) is 14.2 Å². The minimum atomic E-state index is -1.54. The molecule has 170 valence electrons. The molecule has 6 nitrogen and oxygen atoms in total. The Kier molecular flexibility index (Phi) is 8.26. The van der Waals surface area contributed by atoms with Crippen molar-refractivity contribution >= 4 is 41.4 Å². The van der Waals surface area contributed by atoms with E-state index in [1.807, 2.05) is 60.7 Å². The first-order valence-corrected chi connectivity index (χ1v) is 11.9. The highest BCUT2D eigenvalue weighted by atomic mass is 32.2. The molecule has 1 aliphatic rings. The largest absolute Gasteiger partial charge is 0.469 e. The predicted octanol–water partition coefficient (Wildman–Crippen LogP) is 4.43. The third-order valence-corrected chi connectivity index (χ3v) is 8.50. The molecule has 1 saturated carbocycles. The molecule has 1 aliphatic carbocycles. The van der Waals surface area contributed by atoms with Crippen LogP contribution < -0.4 is 0 Å². The smallest absolute Gasteiger partial charge is 0.323 e. The third kappa shape index (κ3) is 5.13. The Labute approximate surface area is 196 Å². The van der Waals surface area contributed by atoms with Crippen LogP contribution in [-0.4, -0.2) is 43.8 Å². The molecule has 1 unspecified atom stereocenters. The molecular weight excluding hydrogens is 448 g/mol. The van der Waals surface area contributed by atoms with E-state index >= 15 is 0 Å². The van der Waals surface area contributed by atoms with Crippen molar-refractivity contribution < 1.29 is 28.6 Å². The standard InChI is InChI=1S/C24H26O6S2/c1-28-20(25)18-14-24(22(26)29-2,23(27)30-3)15-19(18)21(31-16-10-6-4-7-11-16)32-17-12-8-5-9-13-17/h4-13,18-19,21H,14-15H2,1-3H3/t18-,19?/m0/s1. The van der Waals surface area contributed by atoms with E-state index in [9.17, 15) is 14.4 Å². The van der Waals surface area contributed by atoms with Crippen LogP contribution in [0.2, 0.25) is 0 Å². The minimum Gasteiger partial charge on any atom is -0.469 e. The molecule has 32 heavy (non-hydrogen) atoms. The lowest BCUT2D eigenvalue weighted by Crippen LogP contribution is -2.39. The summed E-state index contributed by atoms with van der Waals surface area (Å²) >= 11 is 3.21. The predicted molar refractivity (Wildman–Crippen MR) is 123 cm³/mol. The molecular formula is C24H26O6S2. The topological polar surface area (TPSA) is 78.9 Å². The van der Waals surface area contributed by atoms with Gasteiger partial charge in [-0.3, -0.25) is 14.4 Å². The molecule has 0 aliphatic heterocycles. The van der Waals surface area contributed by atoms with Gasteiger partial charge in [0.1, 0.15) is 0 Å². The molecule has 0 aromatic heterocycles. The Morgan fingerprint density at radius 1 is 0.781 bits per heavy atom. The number of benzene rings is 2. The van der Waals surface area contributed by atoms with E-state index in [1.165, 1.54) is 21.3 Å². The minimum absolute atomic E-state index is 0.00904. The number of carbonyl (C=O) groups excluding carboxylic acids is 3. The average molecular weight is 475 g/mol. The second-order valence-corrected chi connectivity index (χ2v) is 10.2. The summed E-state index contributed by atoms with van der Waals surface area (Å²) in [7, 11) is 3.80. The molecule has 0 amide bonds. The lowest BCUT2D eigenvalue weighted by molar-refractivity contribution is -0.169. The second kappa shape index (κ2) is 10.9. The zero-order valence-corrected chi connectivity index (χ0v) is 19.8. The van der Waals surface area contributed by atoms with Crippen molar-refractivity contribution in [3.8, 4) is 0 Å². The van der Waals surface area contributed by atoms with Gasteiger partial charge in [0.05, 0.1) is 31.8 Å². The van der Waals surface area contributed by atoms with E-state index in [0.717, 1.165) is 9.79 Å². The summed E-state index contributed by atoms with van der Waals surface area (Å²) < 4.78 is 14.9. The van der Waals surface area contributed by atoms with Gasteiger partial charge in [0.2, 0.25) is 0 Å². The van der Waals surface area contributed by atoms with E-state index in [-0.39, 0.29) is 23.3 Å². The van der Waals surface area contributed by atoms with Crippen LogP contribution in [0.25, 0.3) is 0 Å². The summed E-state index contributed by atoms with van der Waals surface area (Å²) in [5.74, 6) is -2.81. The lowest BCUT2D eigenvalue weighted by atomic mass is 9.85. The van der Waals surface area contributed by atoms with Gasteiger partial charge in [-0.25, -0.2) is 0 Å². The molecule has 2 atom stereocenters. The lowest BCUT2D eigenvalue weighted by Gasteiger charge is -2.27. The van der Waals surface area contributed by atoms with E-state index < -0.39 is 29.2 Å². The fourth-order valence-electron chi connectivity index (χ4n) is 4.12. The van der Waals surface area contributed by atoms with E-state index in [2.05, 4.69) is 0 Å². The van der Waals surface area contributed by atoms with Gasteiger partial charge in [0.25, 0.3) is 0 Å². The van der Waals surface area contributed by atoms with Gasteiger partial charge < -0.3 is 14.2 Å². The Morgan fingerprint density at radius 3 is 1.66 bits per heavy atom. The SMILES string of the molecule is COC(=O)[C@H]1CC(C(=O)OC)(C(=O)OC)CC1C(Sc1ccccc1)Sc1ccccc1. The maximum Gasteiger partial charge on any atom is 0.323 e. The summed E-state index contributed by atoms with van der Waals surface area (Å²) in [5.41, 5.74) is -1.54. The van der Waals surface area contributed by atoms with Crippen LogP contribution in [-0.2, 0) is 28.6 Å². The molecule has 0 heterocycles. The molecule has 3 rings (SSSR count). The van der Waals surface area contributed by atoms with Gasteiger partial charge >= 0.3 is 17.9 Å². The quantitative estimate of drug-likeness (QED) is 0.183. The zero-order valence-electron chi connectivity index (χ0n) is 18.2. The summed E-state index contributed by atoms with van der Waals surface area (Å²) in [6, 6.07) is 19.7. The van der Waals surface area contributed by atoms with Crippen molar-refractivity contribution in [2.24, 2.45) is 17.3 Å². The Hall–Kier alpha value is -2.45. The fraction of sp³-hybridized carbons (Fsp3) is 0.375. The van der Waals surface area contributed by atoms with Gasteiger partial charge in [-0.2, -0.15) is 0 Å². The molecule has 0 bridgehead atoms. The highest BCUT2D eigenvalue weighted by Crippen LogP contribution is 2.55. The fourth-order valence-corrected chi connectivity index (χ4v) is 7.07. The highest BCUT2D eigenvalue weighted by Gasteiger charge is 2.61. The molecule has 0 radical (unpaired) electrons. The number of methoxy groups -OCH3 is 3. The zero-order chi connectivity index (χ0) is 23.1. The average Bonchev–Trinajstić information content (AvgIpc) is 3.25. The number of esters is 3. The van der Waals surface area contributed by atoms with Crippen LogP contribution in [0.4, 0.5) is 0 Å². The van der Waals surface area contributed by atoms with E-state index in [1.54, 1.807) is 23.5 Å². The van der Waals surface area contributed by atoms with Crippen LogP contribution in [0.15, 0.2) is 70.5 Å². The Morgan fingerprint density at radius 2 is 1.25 bits per heavy atom. The Balaban J connectivity index is 2.03. The van der Waals surface area contributed by atoms with Crippen LogP contribution >= 0.6 is 23.5 Å². The van der Waals surface area contributed by atoms with Gasteiger partial charge in [0, 0.05) is 9.79 Å². The number of rotatable bonds is 8. The molecule has 8 heteroatoms. The summed E-state index contributed by atoms with van der Waals surface area (Å²) in [6.45, 7) is 0. The molecule has 0 spiro atoms. The first-order chi connectivity index (χ1) is 15.4. The van der Waals surface area contributed by atoms with Crippen molar-refractivity contribution in [2.75, 3.05) is 21.3 Å². The van der Waals surface area contributed by atoms with Crippen molar-refractivity contribution in [1.82, 2.24) is 0 Å². The molecule has 2 aromatic carbocycles. The number of hydrogen-bond donors (Lipinski definition) is 0. The van der Waals surface area contributed by atoms with Crippen LogP contribution in [0.1, 0.15) is 12.8 Å². The maximum atomic E-state index is 12.8. The number of thioether (sulfide) groups is 2. The van der Waals surface area contributed by atoms with Gasteiger partial charge in [-0.05, 0) is 43.0 Å². The summed E-state index contributed by atoms with van der Waals surface area (Å²) in [4.78, 5) is 40.4. The molecule has 0 saturated heterocycles. The molecule has 2 aromatic rings. The molecule has 1 fully saturated rings. The molecule has 0 N–H and O–H groups in total. The maximum absolute atomic E-state index is 12.8. The first kappa shape index (κ1) is 24.2. The number of hydrogen-bond acceptors (Lipinski definition) is 8.